The van der Waals surface area contributed by atoms with Crippen LogP contribution in [0.25, 0.3) is 0 Å². The molecule has 0 bridgehead atoms. The first-order chi connectivity index (χ1) is 5.86. The van der Waals surface area contributed by atoms with E-state index in [-0.39, 0.29) is 5.82 Å². The molecule has 1 aromatic rings. The Labute approximate surface area is 72.4 Å². The van der Waals surface area contributed by atoms with Crippen molar-refractivity contribution in [1.29, 1.82) is 0 Å². The Morgan fingerprint density at radius 2 is 2.00 bits per heavy atom. The monoisotopic (exact) mass is 164 g/mol. The Morgan fingerprint density at radius 3 is 2.67 bits per heavy atom. The maximum absolute atomic E-state index is 13.1. The first-order valence-corrected chi connectivity index (χ1v) is 4.59. The summed E-state index contributed by atoms with van der Waals surface area (Å²) in [6.45, 7) is 0. The molecule has 0 amide bonds. The SMILES string of the molecule is Fc1ccccc1CCC1CC1. The number of hydrogen-bond donors (Lipinski definition) is 0. The van der Waals surface area contributed by atoms with Crippen LogP contribution in [0.1, 0.15) is 24.8 Å². The molecule has 0 heterocycles. The molecule has 1 aliphatic rings. The van der Waals surface area contributed by atoms with Crippen LogP contribution in [0.2, 0.25) is 0 Å². The fourth-order valence-corrected chi connectivity index (χ4v) is 1.47. The van der Waals surface area contributed by atoms with Crippen LogP contribution in [0.5, 0.6) is 0 Å². The van der Waals surface area contributed by atoms with Crippen molar-refractivity contribution in [3.05, 3.63) is 35.6 Å². The first kappa shape index (κ1) is 7.78. The van der Waals surface area contributed by atoms with Crippen LogP contribution in [-0.2, 0) is 6.42 Å². The summed E-state index contributed by atoms with van der Waals surface area (Å²) in [7, 11) is 0. The van der Waals surface area contributed by atoms with E-state index in [9.17, 15) is 4.39 Å². The van der Waals surface area contributed by atoms with Gasteiger partial charge in [-0.1, -0.05) is 31.0 Å². The molecule has 1 aliphatic carbocycles. The van der Waals surface area contributed by atoms with Gasteiger partial charge in [-0.05, 0) is 30.4 Å². The van der Waals surface area contributed by atoms with E-state index in [0.717, 1.165) is 17.9 Å². The number of hydrogen-bond acceptors (Lipinski definition) is 0. The molecule has 0 aliphatic heterocycles. The summed E-state index contributed by atoms with van der Waals surface area (Å²) >= 11 is 0. The number of benzene rings is 1. The second kappa shape index (κ2) is 3.26. The minimum absolute atomic E-state index is 0.0434. The van der Waals surface area contributed by atoms with Gasteiger partial charge in [-0.15, -0.1) is 0 Å². The third kappa shape index (κ3) is 1.84. The van der Waals surface area contributed by atoms with Crippen LogP contribution in [0.15, 0.2) is 24.3 Å². The van der Waals surface area contributed by atoms with Gasteiger partial charge in [-0.2, -0.15) is 0 Å². The summed E-state index contributed by atoms with van der Waals surface area (Å²) in [6, 6.07) is 7.08. The summed E-state index contributed by atoms with van der Waals surface area (Å²) in [6.07, 6.45) is 4.79. The van der Waals surface area contributed by atoms with Crippen molar-refractivity contribution < 1.29 is 4.39 Å². The van der Waals surface area contributed by atoms with Crippen molar-refractivity contribution in [3.8, 4) is 0 Å². The average molecular weight is 164 g/mol. The van der Waals surface area contributed by atoms with Gasteiger partial charge in [0.05, 0.1) is 0 Å². The van der Waals surface area contributed by atoms with Gasteiger partial charge in [0.2, 0.25) is 0 Å². The van der Waals surface area contributed by atoms with Gasteiger partial charge in [0.15, 0.2) is 0 Å². The Bertz CT molecular complexity index is 263. The maximum Gasteiger partial charge on any atom is 0.126 e. The first-order valence-electron chi connectivity index (χ1n) is 4.59. The Balaban J connectivity index is 1.96. The van der Waals surface area contributed by atoms with E-state index in [0.29, 0.717) is 0 Å². The molecule has 0 radical (unpaired) electrons. The molecule has 12 heavy (non-hydrogen) atoms. The van der Waals surface area contributed by atoms with Crippen molar-refractivity contribution in [2.45, 2.75) is 25.7 Å². The molecule has 2 rings (SSSR count). The molecule has 0 N–H and O–H groups in total. The number of rotatable bonds is 3. The average Bonchev–Trinajstić information content (AvgIpc) is 2.86. The van der Waals surface area contributed by atoms with Gasteiger partial charge in [0.1, 0.15) is 5.82 Å². The molecular weight excluding hydrogens is 151 g/mol. The normalized spacial score (nSPS) is 16.4. The highest BCUT2D eigenvalue weighted by Gasteiger charge is 2.20. The standard InChI is InChI=1S/C11H13F/c12-11-4-2-1-3-10(11)8-7-9-5-6-9/h1-4,9H,5-8H2. The predicted molar refractivity (Wildman–Crippen MR) is 47.4 cm³/mol. The Kier molecular flexibility index (Phi) is 2.11. The van der Waals surface area contributed by atoms with E-state index in [1.807, 2.05) is 12.1 Å². The molecule has 1 aromatic carbocycles. The van der Waals surface area contributed by atoms with E-state index >= 15 is 0 Å². The molecule has 0 atom stereocenters. The summed E-state index contributed by atoms with van der Waals surface area (Å²) in [5, 5.41) is 0. The lowest BCUT2D eigenvalue weighted by Crippen LogP contribution is -1.90. The Morgan fingerprint density at radius 1 is 1.25 bits per heavy atom. The van der Waals surface area contributed by atoms with E-state index < -0.39 is 0 Å². The second-order valence-electron chi connectivity index (χ2n) is 3.57. The third-order valence-corrected chi connectivity index (χ3v) is 2.48. The van der Waals surface area contributed by atoms with Crippen molar-refractivity contribution in [2.75, 3.05) is 0 Å². The van der Waals surface area contributed by atoms with Gasteiger partial charge in [-0.3, -0.25) is 0 Å². The highest BCUT2D eigenvalue weighted by molar-refractivity contribution is 5.17. The van der Waals surface area contributed by atoms with Gasteiger partial charge in [-0.25, -0.2) is 4.39 Å². The van der Waals surface area contributed by atoms with Crippen LogP contribution in [0, 0.1) is 11.7 Å². The van der Waals surface area contributed by atoms with E-state index in [2.05, 4.69) is 0 Å². The molecule has 1 saturated carbocycles. The predicted octanol–water partition coefficient (Wildman–Crippen LogP) is 3.17. The lowest BCUT2D eigenvalue weighted by atomic mass is 10.1. The van der Waals surface area contributed by atoms with E-state index in [4.69, 9.17) is 0 Å². The van der Waals surface area contributed by atoms with Crippen molar-refractivity contribution >= 4 is 0 Å². The maximum atomic E-state index is 13.1. The summed E-state index contributed by atoms with van der Waals surface area (Å²) in [4.78, 5) is 0. The second-order valence-corrected chi connectivity index (χ2v) is 3.57. The summed E-state index contributed by atoms with van der Waals surface area (Å²) < 4.78 is 13.1. The largest absolute Gasteiger partial charge is 0.207 e. The fourth-order valence-electron chi connectivity index (χ4n) is 1.47. The molecule has 0 spiro atoms. The molecule has 0 saturated heterocycles. The summed E-state index contributed by atoms with van der Waals surface area (Å²) in [5.74, 6) is 0.850. The van der Waals surface area contributed by atoms with Gasteiger partial charge < -0.3 is 0 Å². The van der Waals surface area contributed by atoms with Gasteiger partial charge in [0.25, 0.3) is 0 Å². The topological polar surface area (TPSA) is 0 Å². The zero-order chi connectivity index (χ0) is 8.39. The smallest absolute Gasteiger partial charge is 0.126 e. The third-order valence-electron chi connectivity index (χ3n) is 2.48. The molecule has 1 fully saturated rings. The molecule has 64 valence electrons. The number of halogens is 1. The molecule has 0 aromatic heterocycles. The van der Waals surface area contributed by atoms with Crippen LogP contribution in [-0.4, -0.2) is 0 Å². The highest BCUT2D eigenvalue weighted by Crippen LogP contribution is 2.33. The number of aryl methyl sites for hydroxylation is 1. The fraction of sp³-hybridized carbons (Fsp3) is 0.455. The van der Waals surface area contributed by atoms with E-state index in [1.165, 1.54) is 19.3 Å². The van der Waals surface area contributed by atoms with Gasteiger partial charge in [0, 0.05) is 0 Å². The molecular formula is C11H13F. The van der Waals surface area contributed by atoms with Crippen LogP contribution in [0.4, 0.5) is 4.39 Å². The van der Waals surface area contributed by atoms with Crippen molar-refractivity contribution in [3.63, 3.8) is 0 Å². The van der Waals surface area contributed by atoms with Crippen molar-refractivity contribution in [1.82, 2.24) is 0 Å². The van der Waals surface area contributed by atoms with Crippen LogP contribution >= 0.6 is 0 Å². The zero-order valence-corrected chi connectivity index (χ0v) is 7.09. The zero-order valence-electron chi connectivity index (χ0n) is 7.09. The summed E-state index contributed by atoms with van der Waals surface area (Å²) in [5.41, 5.74) is 0.879. The minimum atomic E-state index is -0.0434. The minimum Gasteiger partial charge on any atom is -0.207 e. The van der Waals surface area contributed by atoms with E-state index in [1.54, 1.807) is 12.1 Å². The quantitative estimate of drug-likeness (QED) is 0.643. The lowest BCUT2D eigenvalue weighted by Gasteiger charge is -2.00. The van der Waals surface area contributed by atoms with Crippen LogP contribution in [0.3, 0.4) is 0 Å². The highest BCUT2D eigenvalue weighted by atomic mass is 19.1. The molecule has 0 unspecified atom stereocenters. The Hall–Kier alpha value is -0.850. The van der Waals surface area contributed by atoms with Crippen LogP contribution < -0.4 is 0 Å². The van der Waals surface area contributed by atoms with Crippen molar-refractivity contribution in [2.24, 2.45) is 5.92 Å². The lowest BCUT2D eigenvalue weighted by molar-refractivity contribution is 0.597. The molecule has 0 nitrogen and oxygen atoms in total. The van der Waals surface area contributed by atoms with Gasteiger partial charge >= 0.3 is 0 Å². The molecule has 1 heteroatoms.